The number of rotatable bonds is 14. The van der Waals surface area contributed by atoms with Gasteiger partial charge in [-0.2, -0.15) is 24.4 Å². The van der Waals surface area contributed by atoms with Crippen LogP contribution in [0.25, 0.3) is 0 Å². The molecule has 1 unspecified atom stereocenters. The number of carbonyl (C=O) groups excluding carboxylic acids is 1. The minimum absolute atomic E-state index is 0.161. The number of benzene rings is 1. The Balaban J connectivity index is 2.09. The fourth-order valence-corrected chi connectivity index (χ4v) is 3.40. The molecule has 10 heteroatoms. The number of hydrogen-bond donors (Lipinski definition) is 5. The van der Waals surface area contributed by atoms with E-state index in [9.17, 15) is 14.7 Å². The summed E-state index contributed by atoms with van der Waals surface area (Å²) in [5.74, 6) is -0.195. The van der Waals surface area contributed by atoms with Crippen LogP contribution in [0.15, 0.2) is 42.5 Å². The lowest BCUT2D eigenvalue weighted by atomic mass is 10.1. The molecule has 0 aliphatic heterocycles. The van der Waals surface area contributed by atoms with E-state index in [1.807, 2.05) is 48.7 Å². The average Bonchev–Trinajstić information content (AvgIpc) is 2.79. The molecule has 1 amide bonds. The lowest BCUT2D eigenvalue weighted by molar-refractivity contribution is -0.142. The molecule has 0 radical (unpaired) electrons. The van der Waals surface area contributed by atoms with Crippen LogP contribution < -0.4 is 21.1 Å². The number of carboxylic acids is 1. The number of hydrogen-bond acceptors (Lipinski definition) is 8. The Kier molecular flexibility index (Phi) is 11.2. The summed E-state index contributed by atoms with van der Waals surface area (Å²) < 4.78 is 5.68. The maximum absolute atomic E-state index is 12.3. The normalized spacial score (nSPS) is 12.6. The van der Waals surface area contributed by atoms with Gasteiger partial charge in [-0.1, -0.05) is 30.3 Å². The van der Waals surface area contributed by atoms with Gasteiger partial charge in [-0.15, -0.1) is 0 Å². The Morgan fingerprint density at radius 1 is 1.25 bits per heavy atom. The van der Waals surface area contributed by atoms with E-state index >= 15 is 0 Å². The summed E-state index contributed by atoms with van der Waals surface area (Å²) in [5.41, 5.74) is 8.40. The van der Waals surface area contributed by atoms with E-state index in [-0.39, 0.29) is 18.5 Å². The third-order valence-corrected chi connectivity index (χ3v) is 5.63. The van der Waals surface area contributed by atoms with Crippen LogP contribution in [-0.4, -0.2) is 65.0 Å². The number of thiol groups is 1. The van der Waals surface area contributed by atoms with Crippen molar-refractivity contribution in [2.24, 2.45) is 5.73 Å². The Labute approximate surface area is 198 Å². The summed E-state index contributed by atoms with van der Waals surface area (Å²) in [5, 5.41) is 15.0. The van der Waals surface area contributed by atoms with Gasteiger partial charge in [0.2, 0.25) is 5.88 Å². The number of amides is 1. The number of aliphatic carboxylic acids is 1. The first-order chi connectivity index (χ1) is 15.4. The molecule has 0 spiro atoms. The van der Waals surface area contributed by atoms with E-state index in [2.05, 4.69) is 28.2 Å². The zero-order chi connectivity index (χ0) is 23.3. The molecule has 8 nitrogen and oxygen atoms in total. The van der Waals surface area contributed by atoms with Crippen LogP contribution >= 0.6 is 24.4 Å². The van der Waals surface area contributed by atoms with E-state index in [0.29, 0.717) is 36.6 Å². The minimum atomic E-state index is -1.07. The molecule has 1 aromatic carbocycles. The predicted molar refractivity (Wildman–Crippen MR) is 132 cm³/mol. The van der Waals surface area contributed by atoms with Crippen LogP contribution in [0.4, 0.5) is 5.69 Å². The van der Waals surface area contributed by atoms with Crippen molar-refractivity contribution < 1.29 is 19.4 Å². The molecule has 2 rings (SSSR count). The highest BCUT2D eigenvalue weighted by molar-refractivity contribution is 7.98. The molecular weight excluding hydrogens is 448 g/mol. The fourth-order valence-electron chi connectivity index (χ4n) is 2.80. The number of nitrogens with two attached hydrogens (primary N) is 1. The molecule has 0 aliphatic rings. The first-order valence-corrected chi connectivity index (χ1v) is 12.2. The summed E-state index contributed by atoms with van der Waals surface area (Å²) in [6.45, 7) is 0.111. The number of pyridine rings is 1. The Bertz CT molecular complexity index is 870. The van der Waals surface area contributed by atoms with Gasteiger partial charge in [-0.25, -0.2) is 9.78 Å². The predicted octanol–water partition coefficient (Wildman–Crippen LogP) is 2.04. The molecule has 0 saturated carbocycles. The van der Waals surface area contributed by atoms with E-state index in [1.165, 1.54) is 11.8 Å². The molecule has 5 N–H and O–H groups in total. The molecule has 1 heterocycles. The molecule has 174 valence electrons. The van der Waals surface area contributed by atoms with Crippen LogP contribution in [0.1, 0.15) is 17.7 Å². The van der Waals surface area contributed by atoms with E-state index in [1.54, 1.807) is 0 Å². The number of nitrogens with one attached hydrogen (secondary N) is 2. The molecule has 2 atom stereocenters. The van der Waals surface area contributed by atoms with Gasteiger partial charge in [-0.05, 0) is 36.1 Å². The van der Waals surface area contributed by atoms with Gasteiger partial charge in [0.25, 0.3) is 5.91 Å². The summed E-state index contributed by atoms with van der Waals surface area (Å²) in [6, 6.07) is 12.5. The quantitative estimate of drug-likeness (QED) is 0.261. The van der Waals surface area contributed by atoms with Crippen molar-refractivity contribution in [2.45, 2.75) is 24.9 Å². The number of thioether (sulfide) groups is 1. The van der Waals surface area contributed by atoms with Gasteiger partial charge in [-0.3, -0.25) is 4.79 Å². The van der Waals surface area contributed by atoms with Crippen molar-refractivity contribution in [1.29, 1.82) is 0 Å². The summed E-state index contributed by atoms with van der Waals surface area (Å²) in [4.78, 5) is 28.2. The van der Waals surface area contributed by atoms with E-state index in [4.69, 9.17) is 10.5 Å². The van der Waals surface area contributed by atoms with Crippen molar-refractivity contribution in [3.05, 3.63) is 53.7 Å². The number of ether oxygens (including phenoxy) is 1. The second kappa shape index (κ2) is 13.9. The van der Waals surface area contributed by atoms with Crippen LogP contribution in [0, 0.1) is 0 Å². The van der Waals surface area contributed by atoms with E-state index < -0.39 is 17.9 Å². The van der Waals surface area contributed by atoms with Crippen molar-refractivity contribution >= 4 is 42.0 Å². The zero-order valence-electron chi connectivity index (χ0n) is 18.0. The molecule has 0 bridgehead atoms. The van der Waals surface area contributed by atoms with Crippen LogP contribution in [0.5, 0.6) is 5.88 Å². The lowest BCUT2D eigenvalue weighted by Gasteiger charge is -2.17. The first-order valence-electron chi connectivity index (χ1n) is 10.2. The Morgan fingerprint density at radius 3 is 2.66 bits per heavy atom. The van der Waals surface area contributed by atoms with Gasteiger partial charge in [0.05, 0.1) is 5.69 Å². The van der Waals surface area contributed by atoms with Crippen molar-refractivity contribution in [2.75, 3.05) is 36.2 Å². The van der Waals surface area contributed by atoms with Gasteiger partial charge < -0.3 is 26.2 Å². The SMILES string of the molecule is CSCC[C@H](NC(=O)COc1nc(Cc2ccccc2)ccc1NCC(N)CS)C(=O)O. The average molecular weight is 479 g/mol. The molecule has 32 heavy (non-hydrogen) atoms. The fraction of sp³-hybridized carbons (Fsp3) is 0.409. The van der Waals surface area contributed by atoms with Gasteiger partial charge in [0.1, 0.15) is 6.04 Å². The third kappa shape index (κ3) is 8.97. The van der Waals surface area contributed by atoms with Crippen LogP contribution in [0.3, 0.4) is 0 Å². The maximum atomic E-state index is 12.3. The molecule has 0 aliphatic carbocycles. The zero-order valence-corrected chi connectivity index (χ0v) is 19.7. The first kappa shape index (κ1) is 25.8. The van der Waals surface area contributed by atoms with E-state index in [0.717, 1.165) is 11.3 Å². The number of carboxylic acid groups (broad SMARTS) is 1. The molecule has 1 aromatic heterocycles. The largest absolute Gasteiger partial charge is 0.480 e. The molecule has 0 saturated heterocycles. The second-order valence-electron chi connectivity index (χ2n) is 7.17. The van der Waals surface area contributed by atoms with Crippen molar-refractivity contribution in [3.63, 3.8) is 0 Å². The molecule has 0 fully saturated rings. The molecule has 2 aromatic rings. The lowest BCUT2D eigenvalue weighted by Crippen LogP contribution is -2.43. The van der Waals surface area contributed by atoms with Gasteiger partial charge in [0, 0.05) is 30.5 Å². The van der Waals surface area contributed by atoms with Crippen molar-refractivity contribution in [1.82, 2.24) is 10.3 Å². The van der Waals surface area contributed by atoms with Gasteiger partial charge in [0.15, 0.2) is 6.61 Å². The summed E-state index contributed by atoms with van der Waals surface area (Å²) in [7, 11) is 0. The minimum Gasteiger partial charge on any atom is -0.480 e. The second-order valence-corrected chi connectivity index (χ2v) is 8.52. The highest BCUT2D eigenvalue weighted by Gasteiger charge is 2.20. The Morgan fingerprint density at radius 2 is 2.00 bits per heavy atom. The summed E-state index contributed by atoms with van der Waals surface area (Å²) in [6.07, 6.45) is 2.82. The standard InChI is InChI=1S/C22H30N4O4S2/c1-32-10-9-19(22(28)29)26-20(27)13-30-21-18(24-12-16(23)14-31)8-7-17(25-21)11-15-5-3-2-4-6-15/h2-8,16,19,24,31H,9-14,23H2,1H3,(H,26,27)(H,28,29)/t16?,19-/m0/s1. The smallest absolute Gasteiger partial charge is 0.326 e. The van der Waals surface area contributed by atoms with Crippen LogP contribution in [-0.2, 0) is 16.0 Å². The number of nitrogens with zero attached hydrogens (tertiary/aromatic N) is 1. The number of aromatic nitrogens is 1. The highest BCUT2D eigenvalue weighted by Crippen LogP contribution is 2.23. The van der Waals surface area contributed by atoms with Crippen molar-refractivity contribution in [3.8, 4) is 5.88 Å². The topological polar surface area (TPSA) is 127 Å². The highest BCUT2D eigenvalue weighted by atomic mass is 32.2. The number of carbonyl (C=O) groups is 2. The number of anilines is 1. The Hall–Kier alpha value is -2.43. The summed E-state index contributed by atoms with van der Waals surface area (Å²) >= 11 is 5.70. The van der Waals surface area contributed by atoms with Gasteiger partial charge >= 0.3 is 5.97 Å². The monoisotopic (exact) mass is 478 g/mol. The molecular formula is C22H30N4O4S2. The maximum Gasteiger partial charge on any atom is 0.326 e. The van der Waals surface area contributed by atoms with Crippen LogP contribution in [0.2, 0.25) is 0 Å². The third-order valence-electron chi connectivity index (χ3n) is 4.52.